The molecule has 0 unspecified atom stereocenters. The molecule has 0 saturated carbocycles. The van der Waals surface area contributed by atoms with Crippen molar-refractivity contribution in [3.05, 3.63) is 24.0 Å². The predicted octanol–water partition coefficient (Wildman–Crippen LogP) is 2.40. The van der Waals surface area contributed by atoms with E-state index in [9.17, 15) is 4.79 Å². The van der Waals surface area contributed by atoms with Crippen LogP contribution in [-0.2, 0) is 0 Å². The van der Waals surface area contributed by atoms with Gasteiger partial charge in [0, 0.05) is 12.6 Å². The van der Waals surface area contributed by atoms with Gasteiger partial charge < -0.3 is 10.0 Å². The lowest BCUT2D eigenvalue weighted by Gasteiger charge is -2.28. The van der Waals surface area contributed by atoms with Crippen LogP contribution in [0.25, 0.3) is 0 Å². The maximum Gasteiger partial charge on any atom is 0.354 e. The van der Waals surface area contributed by atoms with Gasteiger partial charge in [0.2, 0.25) is 0 Å². The number of carboxylic acid groups (broad SMARTS) is 1. The molecule has 1 heterocycles. The first-order valence-electron chi connectivity index (χ1n) is 5.52. The smallest absolute Gasteiger partial charge is 0.354 e. The van der Waals surface area contributed by atoms with Gasteiger partial charge in [-0.2, -0.15) is 0 Å². The number of aromatic carboxylic acids is 1. The van der Waals surface area contributed by atoms with Gasteiger partial charge in [0.05, 0.1) is 11.9 Å². The molecule has 0 radical (unpaired) electrons. The third-order valence-electron chi connectivity index (χ3n) is 2.39. The van der Waals surface area contributed by atoms with Gasteiger partial charge in [0.1, 0.15) is 5.69 Å². The highest BCUT2D eigenvalue weighted by Gasteiger charge is 2.11. The van der Waals surface area contributed by atoms with Gasteiger partial charge in [-0.3, -0.25) is 0 Å². The normalized spacial score (nSPS) is 10.5. The number of carbonyl (C=O) groups is 1. The molecule has 0 amide bonds. The fraction of sp³-hybridized carbons (Fsp3) is 0.500. The first-order chi connectivity index (χ1) is 7.56. The van der Waals surface area contributed by atoms with Crippen LogP contribution in [-0.4, -0.2) is 28.6 Å². The van der Waals surface area contributed by atoms with Gasteiger partial charge in [-0.1, -0.05) is 6.92 Å². The first kappa shape index (κ1) is 12.5. The first-order valence-corrected chi connectivity index (χ1v) is 5.52. The van der Waals surface area contributed by atoms with Crippen molar-refractivity contribution < 1.29 is 9.90 Å². The molecule has 1 rings (SSSR count). The number of hydrogen-bond acceptors (Lipinski definition) is 3. The number of anilines is 1. The lowest BCUT2D eigenvalue weighted by molar-refractivity contribution is 0.0690. The number of carboxylic acids is 1. The molecule has 0 aromatic carbocycles. The number of pyridine rings is 1. The summed E-state index contributed by atoms with van der Waals surface area (Å²) >= 11 is 0. The molecule has 4 nitrogen and oxygen atoms in total. The quantitative estimate of drug-likeness (QED) is 0.831. The van der Waals surface area contributed by atoms with Crippen molar-refractivity contribution in [2.75, 3.05) is 11.4 Å². The SMILES string of the molecule is CCCN(c1ccc(C(=O)O)nc1)C(C)C. The van der Waals surface area contributed by atoms with E-state index in [0.717, 1.165) is 18.7 Å². The molecule has 0 spiro atoms. The van der Waals surface area contributed by atoms with E-state index in [4.69, 9.17) is 5.11 Å². The third kappa shape index (κ3) is 2.95. The Kier molecular flexibility index (Phi) is 4.28. The van der Waals surface area contributed by atoms with Crippen LogP contribution in [0.1, 0.15) is 37.7 Å². The second-order valence-electron chi connectivity index (χ2n) is 3.99. The average Bonchev–Trinajstić information content (AvgIpc) is 2.25. The topological polar surface area (TPSA) is 53.4 Å². The van der Waals surface area contributed by atoms with E-state index < -0.39 is 5.97 Å². The number of rotatable bonds is 5. The molecular formula is C12H18N2O2. The average molecular weight is 222 g/mol. The summed E-state index contributed by atoms with van der Waals surface area (Å²) in [5, 5.41) is 8.75. The summed E-state index contributed by atoms with van der Waals surface area (Å²) in [5.41, 5.74) is 1.06. The fourth-order valence-electron chi connectivity index (χ4n) is 1.61. The van der Waals surface area contributed by atoms with Gasteiger partial charge in [-0.05, 0) is 32.4 Å². The van der Waals surface area contributed by atoms with Gasteiger partial charge in [-0.15, -0.1) is 0 Å². The Labute approximate surface area is 95.9 Å². The van der Waals surface area contributed by atoms with Crippen LogP contribution in [0.2, 0.25) is 0 Å². The summed E-state index contributed by atoms with van der Waals surface area (Å²) in [5.74, 6) is -0.988. The Morgan fingerprint density at radius 2 is 2.19 bits per heavy atom. The van der Waals surface area contributed by atoms with E-state index in [2.05, 4.69) is 30.7 Å². The number of hydrogen-bond donors (Lipinski definition) is 1. The molecule has 0 aliphatic heterocycles. The molecule has 0 atom stereocenters. The highest BCUT2D eigenvalue weighted by Crippen LogP contribution is 2.16. The Bertz CT molecular complexity index is 347. The standard InChI is InChI=1S/C12H18N2O2/c1-4-7-14(9(2)3)10-5-6-11(12(15)16)13-8-10/h5-6,8-9H,4,7H2,1-3H3,(H,15,16). The summed E-state index contributed by atoms with van der Waals surface area (Å²) in [7, 11) is 0. The molecule has 0 saturated heterocycles. The van der Waals surface area contributed by atoms with Crippen molar-refractivity contribution in [1.82, 2.24) is 4.98 Å². The molecule has 1 N–H and O–H groups in total. The van der Waals surface area contributed by atoms with Crippen LogP contribution >= 0.6 is 0 Å². The van der Waals surface area contributed by atoms with Crippen molar-refractivity contribution in [1.29, 1.82) is 0 Å². The van der Waals surface area contributed by atoms with Crippen molar-refractivity contribution in [3.63, 3.8) is 0 Å². The maximum atomic E-state index is 10.7. The molecule has 4 heteroatoms. The molecule has 1 aromatic heterocycles. The van der Waals surface area contributed by atoms with Crippen LogP contribution in [0.4, 0.5) is 5.69 Å². The minimum atomic E-state index is -0.988. The zero-order valence-corrected chi connectivity index (χ0v) is 9.97. The predicted molar refractivity (Wildman–Crippen MR) is 64.0 cm³/mol. The number of nitrogens with zero attached hydrogens (tertiary/aromatic N) is 2. The summed E-state index contributed by atoms with van der Waals surface area (Å²) in [6.45, 7) is 7.29. The van der Waals surface area contributed by atoms with E-state index >= 15 is 0 Å². The van der Waals surface area contributed by atoms with Crippen molar-refractivity contribution in [2.45, 2.75) is 33.2 Å². The summed E-state index contributed by atoms with van der Waals surface area (Å²) in [6.07, 6.45) is 2.68. The minimum absolute atomic E-state index is 0.0870. The maximum absolute atomic E-state index is 10.7. The highest BCUT2D eigenvalue weighted by atomic mass is 16.4. The van der Waals surface area contributed by atoms with Crippen molar-refractivity contribution >= 4 is 11.7 Å². The van der Waals surface area contributed by atoms with Gasteiger partial charge >= 0.3 is 5.97 Å². The number of aromatic nitrogens is 1. The molecule has 0 bridgehead atoms. The second kappa shape index (κ2) is 5.49. The van der Waals surface area contributed by atoms with Crippen LogP contribution in [0.5, 0.6) is 0 Å². The van der Waals surface area contributed by atoms with Gasteiger partial charge in [0.25, 0.3) is 0 Å². The van der Waals surface area contributed by atoms with Gasteiger partial charge in [0.15, 0.2) is 0 Å². The lowest BCUT2D eigenvalue weighted by Crippen LogP contribution is -2.31. The van der Waals surface area contributed by atoms with E-state index in [1.165, 1.54) is 0 Å². The molecule has 16 heavy (non-hydrogen) atoms. The van der Waals surface area contributed by atoms with E-state index in [-0.39, 0.29) is 5.69 Å². The van der Waals surface area contributed by atoms with Crippen molar-refractivity contribution in [2.24, 2.45) is 0 Å². The van der Waals surface area contributed by atoms with Crippen LogP contribution in [0, 0.1) is 0 Å². The van der Waals surface area contributed by atoms with Crippen LogP contribution < -0.4 is 4.90 Å². The highest BCUT2D eigenvalue weighted by molar-refractivity contribution is 5.85. The Balaban J connectivity index is 2.89. The molecule has 1 aromatic rings. The molecule has 0 aliphatic rings. The summed E-state index contributed by atoms with van der Waals surface area (Å²) in [6, 6.07) is 3.74. The monoisotopic (exact) mass is 222 g/mol. The fourth-order valence-corrected chi connectivity index (χ4v) is 1.61. The molecular weight excluding hydrogens is 204 g/mol. The Morgan fingerprint density at radius 3 is 2.56 bits per heavy atom. The van der Waals surface area contributed by atoms with E-state index in [0.29, 0.717) is 6.04 Å². The molecule has 0 aliphatic carbocycles. The molecule has 0 fully saturated rings. The van der Waals surface area contributed by atoms with Crippen molar-refractivity contribution in [3.8, 4) is 0 Å². The molecule has 88 valence electrons. The Hall–Kier alpha value is -1.58. The largest absolute Gasteiger partial charge is 0.477 e. The van der Waals surface area contributed by atoms with Gasteiger partial charge in [-0.25, -0.2) is 9.78 Å². The zero-order chi connectivity index (χ0) is 12.1. The van der Waals surface area contributed by atoms with E-state index in [1.807, 2.05) is 6.07 Å². The van der Waals surface area contributed by atoms with Crippen LogP contribution in [0.15, 0.2) is 18.3 Å². The third-order valence-corrected chi connectivity index (χ3v) is 2.39. The van der Waals surface area contributed by atoms with Crippen LogP contribution in [0.3, 0.4) is 0 Å². The summed E-state index contributed by atoms with van der Waals surface area (Å²) in [4.78, 5) is 16.8. The van der Waals surface area contributed by atoms with E-state index in [1.54, 1.807) is 12.3 Å². The minimum Gasteiger partial charge on any atom is -0.477 e. The summed E-state index contributed by atoms with van der Waals surface area (Å²) < 4.78 is 0. The second-order valence-corrected chi connectivity index (χ2v) is 3.99. The lowest BCUT2D eigenvalue weighted by atomic mass is 10.2. The Morgan fingerprint density at radius 1 is 1.50 bits per heavy atom. The zero-order valence-electron chi connectivity index (χ0n) is 9.97.